The first-order valence-corrected chi connectivity index (χ1v) is 9.70. The van der Waals surface area contributed by atoms with Crippen LogP contribution in [0.1, 0.15) is 25.8 Å². The smallest absolute Gasteiger partial charge is 0.494 e. The number of hydrogen-bond acceptors (Lipinski definition) is 5. The zero-order valence-corrected chi connectivity index (χ0v) is 17.0. The van der Waals surface area contributed by atoms with Crippen LogP contribution in [0.25, 0.3) is 5.57 Å². The van der Waals surface area contributed by atoms with E-state index in [0.717, 1.165) is 23.5 Å². The van der Waals surface area contributed by atoms with E-state index in [1.807, 2.05) is 6.92 Å². The van der Waals surface area contributed by atoms with Crippen LogP contribution >= 0.6 is 0 Å². The highest BCUT2D eigenvalue weighted by Crippen LogP contribution is 2.32. The van der Waals surface area contributed by atoms with Gasteiger partial charge in [-0.25, -0.2) is 0 Å². The number of nitrogens with one attached hydrogen (secondary N) is 1. The molecule has 0 aliphatic carbocycles. The van der Waals surface area contributed by atoms with Gasteiger partial charge < -0.3 is 14.8 Å². The van der Waals surface area contributed by atoms with Crippen molar-refractivity contribution in [2.24, 2.45) is 0 Å². The van der Waals surface area contributed by atoms with Crippen LogP contribution in [0.3, 0.4) is 0 Å². The molecule has 164 valence electrons. The topological polar surface area (TPSA) is 67.9 Å². The average Bonchev–Trinajstić information content (AvgIpc) is 2.96. The summed E-state index contributed by atoms with van der Waals surface area (Å²) in [6.07, 6.45) is -3.95. The third kappa shape index (κ3) is 5.17. The third-order valence-electron chi connectivity index (χ3n) is 4.46. The van der Waals surface area contributed by atoms with Crippen molar-refractivity contribution < 1.29 is 32.2 Å². The van der Waals surface area contributed by atoms with Gasteiger partial charge in [0.1, 0.15) is 17.2 Å². The molecule has 0 spiro atoms. The maximum Gasteiger partial charge on any atom is 0.573 e. The zero-order valence-electron chi connectivity index (χ0n) is 17.0. The van der Waals surface area contributed by atoms with Gasteiger partial charge in [-0.15, -0.1) is 13.2 Å². The first-order valence-electron chi connectivity index (χ1n) is 9.70. The van der Waals surface area contributed by atoms with Gasteiger partial charge in [0, 0.05) is 12.2 Å². The molecule has 2 amide bonds. The van der Waals surface area contributed by atoms with Crippen LogP contribution < -0.4 is 14.8 Å². The fourth-order valence-electron chi connectivity index (χ4n) is 3.07. The Labute approximate surface area is 177 Å². The number of hydrogen-bond donors (Lipinski definition) is 1. The van der Waals surface area contributed by atoms with Crippen molar-refractivity contribution in [3.63, 3.8) is 0 Å². The number of amides is 2. The summed E-state index contributed by atoms with van der Waals surface area (Å²) in [5.41, 5.74) is 1.10. The van der Waals surface area contributed by atoms with E-state index in [-0.39, 0.29) is 23.6 Å². The van der Waals surface area contributed by atoms with Crippen molar-refractivity contribution in [3.8, 4) is 11.5 Å². The Hall–Kier alpha value is -3.49. The fraction of sp³-hybridized carbons (Fsp3) is 0.273. The Morgan fingerprint density at radius 1 is 0.903 bits per heavy atom. The molecule has 0 aromatic heterocycles. The van der Waals surface area contributed by atoms with Gasteiger partial charge in [-0.05, 0) is 55.3 Å². The number of rotatable bonds is 8. The van der Waals surface area contributed by atoms with Crippen LogP contribution in [0.15, 0.2) is 54.2 Å². The lowest BCUT2D eigenvalue weighted by atomic mass is 10.0. The minimum Gasteiger partial charge on any atom is -0.494 e. The molecule has 9 heteroatoms. The molecule has 0 unspecified atom stereocenters. The van der Waals surface area contributed by atoms with Gasteiger partial charge in [0.05, 0.1) is 12.2 Å². The van der Waals surface area contributed by atoms with E-state index in [2.05, 4.69) is 10.1 Å². The summed E-state index contributed by atoms with van der Waals surface area (Å²) >= 11 is 0. The van der Waals surface area contributed by atoms with Gasteiger partial charge in [0.2, 0.25) is 0 Å². The van der Waals surface area contributed by atoms with Gasteiger partial charge in [-0.2, -0.15) is 0 Å². The molecule has 0 atom stereocenters. The molecule has 6 nitrogen and oxygen atoms in total. The second-order valence-corrected chi connectivity index (χ2v) is 6.67. The first-order chi connectivity index (χ1) is 14.7. The summed E-state index contributed by atoms with van der Waals surface area (Å²) in [5.74, 6) is -0.706. The van der Waals surface area contributed by atoms with Gasteiger partial charge in [-0.3, -0.25) is 14.5 Å². The number of alkyl halides is 3. The Morgan fingerprint density at radius 2 is 1.52 bits per heavy atom. The second-order valence-electron chi connectivity index (χ2n) is 6.67. The minimum absolute atomic E-state index is 0.0542. The van der Waals surface area contributed by atoms with Crippen LogP contribution in [0.2, 0.25) is 0 Å². The Kier molecular flexibility index (Phi) is 6.53. The van der Waals surface area contributed by atoms with E-state index in [0.29, 0.717) is 23.6 Å². The highest BCUT2D eigenvalue weighted by Gasteiger charge is 2.38. The highest BCUT2D eigenvalue weighted by molar-refractivity contribution is 6.36. The molecule has 0 bridgehead atoms. The van der Waals surface area contributed by atoms with E-state index < -0.39 is 18.2 Å². The molecule has 0 radical (unpaired) electrons. The lowest BCUT2D eigenvalue weighted by Crippen LogP contribution is -2.32. The normalized spacial score (nSPS) is 14.3. The Balaban J connectivity index is 1.90. The van der Waals surface area contributed by atoms with Crippen LogP contribution in [-0.4, -0.2) is 36.2 Å². The molecule has 2 aromatic rings. The molecule has 1 heterocycles. The molecule has 31 heavy (non-hydrogen) atoms. The summed E-state index contributed by atoms with van der Waals surface area (Å²) in [4.78, 5) is 26.7. The number of likely N-dealkylation sites (N-methyl/N-ethyl adjacent to an activating group) is 1. The summed E-state index contributed by atoms with van der Waals surface area (Å²) in [5, 5.41) is 2.87. The number of benzene rings is 2. The van der Waals surface area contributed by atoms with Crippen molar-refractivity contribution in [1.82, 2.24) is 4.90 Å². The number of carbonyl (C=O) groups excluding carboxylic acids is 2. The molecule has 3 rings (SSSR count). The minimum atomic E-state index is -4.80. The maximum atomic E-state index is 12.8. The number of ether oxygens (including phenoxy) is 2. The maximum absolute atomic E-state index is 12.8. The van der Waals surface area contributed by atoms with Gasteiger partial charge in [0.25, 0.3) is 11.8 Å². The molecular weight excluding hydrogens is 413 g/mol. The molecule has 0 fully saturated rings. The van der Waals surface area contributed by atoms with E-state index >= 15 is 0 Å². The van der Waals surface area contributed by atoms with Gasteiger partial charge in [-0.1, -0.05) is 19.1 Å². The number of carbonyl (C=O) groups is 2. The molecule has 1 aliphatic heterocycles. The van der Waals surface area contributed by atoms with E-state index in [9.17, 15) is 22.8 Å². The van der Waals surface area contributed by atoms with Crippen LogP contribution in [0.5, 0.6) is 11.5 Å². The summed E-state index contributed by atoms with van der Waals surface area (Å²) in [6, 6.07) is 11.7. The van der Waals surface area contributed by atoms with Crippen molar-refractivity contribution in [2.45, 2.75) is 26.6 Å². The SMILES string of the molecule is CCCOc1ccc(C2=C(Nc3ccc(OC(F)(F)F)cc3)C(=O)N(CC)C2=O)cc1. The van der Waals surface area contributed by atoms with Gasteiger partial charge >= 0.3 is 6.36 Å². The van der Waals surface area contributed by atoms with Crippen LogP contribution in [-0.2, 0) is 9.59 Å². The predicted molar refractivity (Wildman–Crippen MR) is 108 cm³/mol. The summed E-state index contributed by atoms with van der Waals surface area (Å²) in [6.45, 7) is 4.41. The summed E-state index contributed by atoms with van der Waals surface area (Å²) < 4.78 is 46.4. The van der Waals surface area contributed by atoms with Crippen molar-refractivity contribution in [1.29, 1.82) is 0 Å². The van der Waals surface area contributed by atoms with Crippen LogP contribution in [0.4, 0.5) is 18.9 Å². The van der Waals surface area contributed by atoms with Crippen molar-refractivity contribution in [2.75, 3.05) is 18.5 Å². The predicted octanol–water partition coefficient (Wildman–Crippen LogP) is 4.59. The quantitative estimate of drug-likeness (QED) is 0.616. The van der Waals surface area contributed by atoms with Crippen molar-refractivity contribution in [3.05, 3.63) is 59.8 Å². The standard InChI is InChI=1S/C22H21F3N2O4/c1-3-13-30-16-9-5-14(6-10-16)18-19(21(29)27(4-2)20(18)28)26-15-7-11-17(12-8-15)31-22(23,24)25/h5-12,26H,3-4,13H2,1-2H3. The van der Waals surface area contributed by atoms with E-state index in [4.69, 9.17) is 4.74 Å². The number of anilines is 1. The molecule has 1 aliphatic rings. The second kappa shape index (κ2) is 9.11. The fourth-order valence-corrected chi connectivity index (χ4v) is 3.07. The van der Waals surface area contributed by atoms with E-state index in [1.165, 1.54) is 12.1 Å². The Bertz CT molecular complexity index is 983. The van der Waals surface area contributed by atoms with Gasteiger partial charge in [0.15, 0.2) is 0 Å². The lowest BCUT2D eigenvalue weighted by molar-refractivity contribution is -0.274. The van der Waals surface area contributed by atoms with Crippen molar-refractivity contribution >= 4 is 23.1 Å². The third-order valence-corrected chi connectivity index (χ3v) is 4.46. The summed E-state index contributed by atoms with van der Waals surface area (Å²) in [7, 11) is 0. The first kappa shape index (κ1) is 22.2. The number of halogens is 3. The average molecular weight is 434 g/mol. The molecule has 2 aromatic carbocycles. The van der Waals surface area contributed by atoms with Crippen LogP contribution in [0, 0.1) is 0 Å². The highest BCUT2D eigenvalue weighted by atomic mass is 19.4. The molecule has 0 saturated heterocycles. The lowest BCUT2D eigenvalue weighted by Gasteiger charge is -2.12. The number of imide groups is 1. The zero-order chi connectivity index (χ0) is 22.6. The Morgan fingerprint density at radius 3 is 2.06 bits per heavy atom. The molecule has 1 N–H and O–H groups in total. The van der Waals surface area contributed by atoms with E-state index in [1.54, 1.807) is 31.2 Å². The number of nitrogens with zero attached hydrogens (tertiary/aromatic N) is 1. The molecule has 0 saturated carbocycles. The monoisotopic (exact) mass is 434 g/mol. The largest absolute Gasteiger partial charge is 0.573 e. The molecular formula is C22H21F3N2O4.